The minimum Gasteiger partial charge on any atom is -0.497 e. The van der Waals surface area contributed by atoms with Gasteiger partial charge in [-0.1, -0.05) is 17.7 Å². The second kappa shape index (κ2) is 8.78. The van der Waals surface area contributed by atoms with Crippen LogP contribution in [0.3, 0.4) is 0 Å². The number of carbonyl (C=O) groups excluding carboxylic acids is 2. The lowest BCUT2D eigenvalue weighted by Gasteiger charge is -2.36. The lowest BCUT2D eigenvalue weighted by atomic mass is 10.1. The number of benzene rings is 2. The van der Waals surface area contributed by atoms with Gasteiger partial charge >= 0.3 is 5.97 Å². The van der Waals surface area contributed by atoms with E-state index in [1.807, 2.05) is 50.2 Å². The number of rotatable bonds is 5. The Hall–Kier alpha value is -3.02. The van der Waals surface area contributed by atoms with Crippen LogP contribution in [0.1, 0.15) is 21.5 Å². The summed E-state index contributed by atoms with van der Waals surface area (Å²) in [6.45, 7) is 6.23. The zero-order chi connectivity index (χ0) is 20.1. The third-order valence-electron chi connectivity index (χ3n) is 5.01. The van der Waals surface area contributed by atoms with Gasteiger partial charge in [0.2, 0.25) is 0 Å². The molecule has 1 heterocycles. The van der Waals surface area contributed by atoms with Gasteiger partial charge in [-0.15, -0.1) is 0 Å². The molecular weight excluding hydrogens is 356 g/mol. The quantitative estimate of drug-likeness (QED) is 0.745. The van der Waals surface area contributed by atoms with Crippen LogP contribution in [0.5, 0.6) is 5.75 Å². The lowest BCUT2D eigenvalue weighted by Crippen LogP contribution is -2.49. The fourth-order valence-electron chi connectivity index (χ4n) is 3.26. The largest absolute Gasteiger partial charge is 0.497 e. The predicted molar refractivity (Wildman–Crippen MR) is 108 cm³/mol. The second-order valence-electron chi connectivity index (χ2n) is 6.96. The van der Waals surface area contributed by atoms with Crippen LogP contribution in [0.25, 0.3) is 0 Å². The third kappa shape index (κ3) is 4.63. The van der Waals surface area contributed by atoms with Gasteiger partial charge in [-0.05, 0) is 49.7 Å². The van der Waals surface area contributed by atoms with E-state index in [1.165, 1.54) is 0 Å². The molecule has 1 saturated heterocycles. The molecule has 28 heavy (non-hydrogen) atoms. The summed E-state index contributed by atoms with van der Waals surface area (Å²) in [5, 5.41) is 0. The summed E-state index contributed by atoms with van der Waals surface area (Å²) in [7, 11) is 1.65. The number of anilines is 1. The monoisotopic (exact) mass is 382 g/mol. The Bertz CT molecular complexity index is 840. The van der Waals surface area contributed by atoms with E-state index < -0.39 is 5.97 Å². The van der Waals surface area contributed by atoms with Crippen molar-refractivity contribution in [3.63, 3.8) is 0 Å². The number of nitrogens with zero attached hydrogens (tertiary/aromatic N) is 2. The van der Waals surface area contributed by atoms with E-state index in [1.54, 1.807) is 18.1 Å². The molecule has 0 aliphatic carbocycles. The first-order valence-electron chi connectivity index (χ1n) is 9.39. The van der Waals surface area contributed by atoms with Crippen molar-refractivity contribution in [2.75, 3.05) is 44.8 Å². The van der Waals surface area contributed by atoms with Crippen LogP contribution < -0.4 is 9.64 Å². The molecule has 0 N–H and O–H groups in total. The Labute approximate surface area is 165 Å². The molecule has 1 aliphatic rings. The van der Waals surface area contributed by atoms with Gasteiger partial charge in [0.15, 0.2) is 6.61 Å². The van der Waals surface area contributed by atoms with Crippen molar-refractivity contribution in [1.29, 1.82) is 0 Å². The molecule has 0 spiro atoms. The molecule has 1 amide bonds. The zero-order valence-corrected chi connectivity index (χ0v) is 16.6. The number of esters is 1. The number of hydrogen-bond acceptors (Lipinski definition) is 5. The Morgan fingerprint density at radius 3 is 2.29 bits per heavy atom. The van der Waals surface area contributed by atoms with Crippen molar-refractivity contribution in [2.24, 2.45) is 0 Å². The van der Waals surface area contributed by atoms with Crippen LogP contribution in [0.2, 0.25) is 0 Å². The van der Waals surface area contributed by atoms with Gasteiger partial charge in [0.1, 0.15) is 5.75 Å². The van der Waals surface area contributed by atoms with Crippen molar-refractivity contribution in [1.82, 2.24) is 4.90 Å². The second-order valence-corrected chi connectivity index (χ2v) is 6.96. The molecule has 0 aromatic heterocycles. The number of amides is 1. The Kier molecular flexibility index (Phi) is 6.19. The molecule has 0 unspecified atom stereocenters. The number of ether oxygens (including phenoxy) is 2. The highest BCUT2D eigenvalue weighted by molar-refractivity contribution is 5.92. The van der Waals surface area contributed by atoms with Crippen molar-refractivity contribution in [2.45, 2.75) is 13.8 Å². The first-order valence-corrected chi connectivity index (χ1v) is 9.39. The maximum atomic E-state index is 12.4. The van der Waals surface area contributed by atoms with E-state index in [0.29, 0.717) is 18.7 Å². The van der Waals surface area contributed by atoms with Crippen LogP contribution in [0.4, 0.5) is 5.69 Å². The summed E-state index contributed by atoms with van der Waals surface area (Å²) in [4.78, 5) is 28.7. The maximum absolute atomic E-state index is 12.4. The minimum absolute atomic E-state index is 0.159. The first kappa shape index (κ1) is 19.7. The molecule has 1 fully saturated rings. The fourth-order valence-corrected chi connectivity index (χ4v) is 3.26. The van der Waals surface area contributed by atoms with Crippen molar-refractivity contribution < 1.29 is 19.1 Å². The van der Waals surface area contributed by atoms with Gasteiger partial charge in [-0.25, -0.2) is 4.79 Å². The molecule has 0 bridgehead atoms. The summed E-state index contributed by atoms with van der Waals surface area (Å²) in [5.74, 6) is 0.211. The van der Waals surface area contributed by atoms with Crippen LogP contribution in [0, 0.1) is 13.8 Å². The SMILES string of the molecule is COc1ccc(N2CCN(C(=O)COC(=O)c3cc(C)ccc3C)CC2)cc1. The maximum Gasteiger partial charge on any atom is 0.338 e. The van der Waals surface area contributed by atoms with Crippen LogP contribution in [-0.2, 0) is 9.53 Å². The number of methoxy groups -OCH3 is 1. The van der Waals surface area contributed by atoms with Crippen LogP contribution in [0.15, 0.2) is 42.5 Å². The highest BCUT2D eigenvalue weighted by atomic mass is 16.5. The highest BCUT2D eigenvalue weighted by Gasteiger charge is 2.22. The van der Waals surface area contributed by atoms with Gasteiger partial charge in [0.25, 0.3) is 5.91 Å². The molecule has 0 atom stereocenters. The minimum atomic E-state index is -0.452. The van der Waals surface area contributed by atoms with Crippen LogP contribution in [-0.4, -0.2) is 56.7 Å². The standard InChI is InChI=1S/C22H26N2O4/c1-16-4-5-17(2)20(14-16)22(26)28-15-21(25)24-12-10-23(11-13-24)18-6-8-19(27-3)9-7-18/h4-9,14H,10-13,15H2,1-3H3. The molecule has 0 saturated carbocycles. The molecule has 2 aromatic rings. The average molecular weight is 382 g/mol. The normalized spacial score (nSPS) is 14.0. The van der Waals surface area contributed by atoms with Gasteiger partial charge in [-0.3, -0.25) is 4.79 Å². The van der Waals surface area contributed by atoms with Gasteiger partial charge in [0.05, 0.1) is 12.7 Å². The van der Waals surface area contributed by atoms with Crippen molar-refractivity contribution in [3.8, 4) is 5.75 Å². The number of carbonyl (C=O) groups is 2. The molecule has 148 valence electrons. The Morgan fingerprint density at radius 2 is 1.64 bits per heavy atom. The topological polar surface area (TPSA) is 59.1 Å². The predicted octanol–water partition coefficient (Wildman–Crippen LogP) is 2.82. The first-order chi connectivity index (χ1) is 13.5. The van der Waals surface area contributed by atoms with E-state index in [2.05, 4.69) is 4.90 Å². The summed E-state index contributed by atoms with van der Waals surface area (Å²) < 4.78 is 10.4. The summed E-state index contributed by atoms with van der Waals surface area (Å²) in [6.07, 6.45) is 0. The van der Waals surface area contributed by atoms with E-state index >= 15 is 0 Å². The molecule has 1 aliphatic heterocycles. The summed E-state index contributed by atoms with van der Waals surface area (Å²) in [6, 6.07) is 13.5. The lowest BCUT2D eigenvalue weighted by molar-refractivity contribution is -0.134. The van der Waals surface area contributed by atoms with Crippen molar-refractivity contribution in [3.05, 3.63) is 59.2 Å². The van der Waals surface area contributed by atoms with E-state index in [9.17, 15) is 9.59 Å². The van der Waals surface area contributed by atoms with Gasteiger partial charge in [0, 0.05) is 31.9 Å². The highest BCUT2D eigenvalue weighted by Crippen LogP contribution is 2.20. The summed E-state index contributed by atoms with van der Waals surface area (Å²) >= 11 is 0. The Balaban J connectivity index is 1.49. The number of hydrogen-bond donors (Lipinski definition) is 0. The van der Waals surface area contributed by atoms with E-state index in [0.717, 1.165) is 35.7 Å². The molecule has 6 heteroatoms. The smallest absolute Gasteiger partial charge is 0.338 e. The van der Waals surface area contributed by atoms with Gasteiger partial charge < -0.3 is 19.3 Å². The Morgan fingerprint density at radius 1 is 0.964 bits per heavy atom. The number of piperazine rings is 1. The zero-order valence-electron chi connectivity index (χ0n) is 16.6. The van der Waals surface area contributed by atoms with Gasteiger partial charge in [-0.2, -0.15) is 0 Å². The molecule has 0 radical (unpaired) electrons. The summed E-state index contributed by atoms with van der Waals surface area (Å²) in [5.41, 5.74) is 3.45. The molecule has 2 aromatic carbocycles. The third-order valence-corrected chi connectivity index (χ3v) is 5.01. The van der Waals surface area contributed by atoms with Crippen molar-refractivity contribution >= 4 is 17.6 Å². The van der Waals surface area contributed by atoms with E-state index in [4.69, 9.17) is 9.47 Å². The molecule has 3 rings (SSSR count). The molecular formula is C22H26N2O4. The van der Waals surface area contributed by atoms with E-state index in [-0.39, 0.29) is 12.5 Å². The fraction of sp³-hybridized carbons (Fsp3) is 0.364. The number of aryl methyl sites for hydroxylation is 2. The average Bonchev–Trinajstić information content (AvgIpc) is 2.73. The molecule has 6 nitrogen and oxygen atoms in total. The van der Waals surface area contributed by atoms with Crippen LogP contribution >= 0.6 is 0 Å².